The van der Waals surface area contributed by atoms with E-state index in [0.29, 0.717) is 0 Å². The standard InChI is InChI=1S/C7H12P2.2ClH.Zr/c1-5-6(2)8-9(4)7(5)3;;;/h1-4H3;2*1H;/q;;;+2/p-1. The quantitative estimate of drug-likeness (QED) is 0.494. The molecule has 0 aliphatic carbocycles. The largest absolute Gasteiger partial charge is 2.00 e. The van der Waals surface area contributed by atoms with E-state index in [0.717, 1.165) is 7.87 Å². The summed E-state index contributed by atoms with van der Waals surface area (Å²) in [5, 5.41) is 3.31. The van der Waals surface area contributed by atoms with Crippen LogP contribution in [0.15, 0.2) is 0 Å². The Morgan fingerprint density at radius 3 is 1.58 bits per heavy atom. The number of aryl methyl sites for hydroxylation is 2. The van der Waals surface area contributed by atoms with Crippen LogP contribution < -0.4 is 24.8 Å². The van der Waals surface area contributed by atoms with Crippen LogP contribution in [0.25, 0.3) is 0 Å². The first-order valence-electron chi connectivity index (χ1n) is 3.14. The van der Waals surface area contributed by atoms with Crippen molar-refractivity contribution in [2.24, 2.45) is 6.66 Å². The van der Waals surface area contributed by atoms with Crippen molar-refractivity contribution in [3.63, 3.8) is 0 Å². The van der Waals surface area contributed by atoms with Crippen LogP contribution in [0.5, 0.6) is 0 Å². The molecule has 0 aromatic carbocycles. The van der Waals surface area contributed by atoms with Gasteiger partial charge in [-0.25, -0.2) is 0 Å². The second kappa shape index (κ2) is 8.02. The predicted molar refractivity (Wildman–Crippen MR) is 48.3 cm³/mol. The van der Waals surface area contributed by atoms with Gasteiger partial charge in [-0.1, -0.05) is 0 Å². The maximum Gasteiger partial charge on any atom is 2.00 e. The zero-order chi connectivity index (χ0) is 7.02. The van der Waals surface area contributed by atoms with Gasteiger partial charge in [0.25, 0.3) is 0 Å². The summed E-state index contributed by atoms with van der Waals surface area (Å²) in [6.07, 6.45) is 0. The minimum absolute atomic E-state index is 0. The molecule has 0 nitrogen and oxygen atoms in total. The van der Waals surface area contributed by atoms with Gasteiger partial charge in [0, 0.05) is 24.4 Å². The molecule has 1 aromatic heterocycles. The Labute approximate surface area is 109 Å². The third-order valence-electron chi connectivity index (χ3n) is 1.94. The van der Waals surface area contributed by atoms with Gasteiger partial charge < -0.3 is 24.8 Å². The van der Waals surface area contributed by atoms with Crippen LogP contribution in [0.2, 0.25) is 0 Å². The van der Waals surface area contributed by atoms with E-state index in [1.165, 1.54) is 0 Å². The molecule has 68 valence electrons. The van der Waals surface area contributed by atoms with Crippen LogP contribution in [0.3, 0.4) is 0 Å². The van der Waals surface area contributed by atoms with Crippen LogP contribution in [-0.2, 0) is 32.9 Å². The van der Waals surface area contributed by atoms with E-state index in [2.05, 4.69) is 27.4 Å². The van der Waals surface area contributed by atoms with Gasteiger partial charge in [0.05, 0.1) is 7.21 Å². The summed E-state index contributed by atoms with van der Waals surface area (Å²) in [5.41, 5.74) is 1.59. The molecule has 0 bridgehead atoms. The van der Waals surface area contributed by atoms with E-state index in [1.807, 2.05) is 0 Å². The molecule has 5 heteroatoms. The molecule has 2 unspecified atom stereocenters. The second-order valence-electron chi connectivity index (χ2n) is 2.51. The van der Waals surface area contributed by atoms with Crippen molar-refractivity contribution in [1.29, 1.82) is 0 Å². The third kappa shape index (κ3) is 4.26. The maximum absolute atomic E-state index is 2.38. The predicted octanol–water partition coefficient (Wildman–Crippen LogP) is -2.55. The van der Waals surface area contributed by atoms with E-state index < -0.39 is 0 Å². The van der Waals surface area contributed by atoms with Crippen LogP contribution in [0.4, 0.5) is 0 Å². The normalized spacial score (nSPS) is 9.83. The van der Waals surface area contributed by atoms with Crippen molar-refractivity contribution in [2.75, 3.05) is 0 Å². The summed E-state index contributed by atoms with van der Waals surface area (Å²) in [6, 6.07) is 0. The number of hydrogen-bond donors (Lipinski definition) is 0. The van der Waals surface area contributed by atoms with Gasteiger partial charge in [-0.3, -0.25) is 0 Å². The zero-order valence-corrected chi connectivity index (χ0v) is 13.6. The van der Waals surface area contributed by atoms with Crippen LogP contribution >= 0.6 is 15.1 Å². The summed E-state index contributed by atoms with van der Waals surface area (Å²) in [7, 11) is 1.39. The molecule has 2 atom stereocenters. The van der Waals surface area contributed by atoms with Gasteiger partial charge in [0.2, 0.25) is 0 Å². The Morgan fingerprint density at radius 2 is 1.50 bits per heavy atom. The van der Waals surface area contributed by atoms with E-state index in [9.17, 15) is 0 Å². The molecule has 0 aliphatic heterocycles. The molecule has 0 aliphatic rings. The van der Waals surface area contributed by atoms with E-state index in [-0.39, 0.29) is 58.2 Å². The van der Waals surface area contributed by atoms with Crippen molar-refractivity contribution in [3.05, 3.63) is 16.2 Å². The number of hydrogen-bond acceptors (Lipinski definition) is 0. The fourth-order valence-electron chi connectivity index (χ4n) is 0.942. The molecular formula is C7H13Cl2P2Zr+. The first-order chi connectivity index (χ1) is 4.13. The Kier molecular flexibility index (Phi) is 12.9. The fourth-order valence-corrected chi connectivity index (χ4v) is 5.76. The van der Waals surface area contributed by atoms with Crippen LogP contribution in [0, 0.1) is 20.8 Å². The minimum Gasteiger partial charge on any atom is -1.00 e. The maximum atomic E-state index is 2.38. The molecule has 1 heterocycles. The Balaban J connectivity index is -0.000000270. The van der Waals surface area contributed by atoms with Gasteiger partial charge in [-0.05, 0) is 13.8 Å². The van der Waals surface area contributed by atoms with Gasteiger partial charge in [0.1, 0.15) is 13.2 Å². The van der Waals surface area contributed by atoms with Gasteiger partial charge in [-0.2, -0.15) is 0 Å². The second-order valence-corrected chi connectivity index (χ2v) is 7.95. The summed E-state index contributed by atoms with van der Waals surface area (Å²) in [6.45, 7) is 9.18. The Morgan fingerprint density at radius 1 is 1.08 bits per heavy atom. The molecule has 12 heavy (non-hydrogen) atoms. The van der Waals surface area contributed by atoms with Crippen molar-refractivity contribution in [1.82, 2.24) is 0 Å². The summed E-state index contributed by atoms with van der Waals surface area (Å²) < 4.78 is 0. The van der Waals surface area contributed by atoms with Crippen molar-refractivity contribution < 1.29 is 51.0 Å². The SMILES string of the molecule is Cc1[pH+]p(C)c(C)c1C.[Cl-].[Cl-].[Zr+2]. The first-order valence-corrected chi connectivity index (χ1v) is 6.77. The van der Waals surface area contributed by atoms with Gasteiger partial charge in [-0.15, -0.1) is 0 Å². The molecule has 0 amide bonds. The smallest absolute Gasteiger partial charge is 1.00 e. The van der Waals surface area contributed by atoms with Crippen LogP contribution in [-0.4, -0.2) is 0 Å². The molecule has 0 saturated heterocycles. The topological polar surface area (TPSA) is 0 Å². The average Bonchev–Trinajstić information content (AvgIpc) is 1.98. The number of rotatable bonds is 0. The van der Waals surface area contributed by atoms with Crippen molar-refractivity contribution in [2.45, 2.75) is 20.8 Å². The van der Waals surface area contributed by atoms with Crippen molar-refractivity contribution in [3.8, 4) is 0 Å². The summed E-state index contributed by atoms with van der Waals surface area (Å²) in [5.74, 6) is 0. The van der Waals surface area contributed by atoms with E-state index in [4.69, 9.17) is 0 Å². The van der Waals surface area contributed by atoms with Crippen LogP contribution in [0.1, 0.15) is 16.2 Å². The molecule has 0 spiro atoms. The zero-order valence-electron chi connectivity index (χ0n) is 7.70. The number of halogens is 2. The molecule has 0 fully saturated rings. The summed E-state index contributed by atoms with van der Waals surface area (Å²) in [4.78, 5) is 0. The molecule has 0 radical (unpaired) electrons. The van der Waals surface area contributed by atoms with Gasteiger partial charge >= 0.3 is 26.2 Å². The monoisotopic (exact) mass is 319 g/mol. The molecule has 0 saturated carbocycles. The first kappa shape index (κ1) is 19.3. The molecule has 0 N–H and O–H groups in total. The average molecular weight is 321 g/mol. The molecular weight excluding hydrogens is 308 g/mol. The van der Waals surface area contributed by atoms with Gasteiger partial charge in [0.15, 0.2) is 0 Å². The summed E-state index contributed by atoms with van der Waals surface area (Å²) >= 11 is 0. The Bertz CT molecular complexity index is 213. The van der Waals surface area contributed by atoms with E-state index >= 15 is 0 Å². The fraction of sp³-hybridized carbons (Fsp3) is 0.571. The minimum atomic E-state index is 0. The van der Waals surface area contributed by atoms with E-state index in [1.54, 1.807) is 16.2 Å². The van der Waals surface area contributed by atoms with Crippen molar-refractivity contribution >= 4 is 15.1 Å². The Hall–Kier alpha value is 1.67. The third-order valence-corrected chi connectivity index (χ3v) is 7.35. The molecule has 1 rings (SSSR count). The molecule has 1 aromatic rings.